The summed E-state index contributed by atoms with van der Waals surface area (Å²) in [5.74, 6) is -1.36. The largest absolute Gasteiger partial charge is 0.419 e. The summed E-state index contributed by atoms with van der Waals surface area (Å²) in [6, 6.07) is 1.27. The number of halogens is 5. The first-order chi connectivity index (χ1) is 6.36. The van der Waals surface area contributed by atoms with Gasteiger partial charge in [-0.15, -0.1) is 0 Å². The zero-order chi connectivity index (χ0) is 10.9. The zero-order valence-corrected chi connectivity index (χ0v) is 8.28. The van der Waals surface area contributed by atoms with Crippen LogP contribution < -0.4 is 0 Å². The van der Waals surface area contributed by atoms with Crippen molar-refractivity contribution in [2.45, 2.75) is 12.8 Å². The molecule has 0 aliphatic rings. The predicted octanol–water partition coefficient (Wildman–Crippen LogP) is 3.10. The van der Waals surface area contributed by atoms with Crippen molar-refractivity contribution < 1.29 is 22.7 Å². The second-order valence-corrected chi connectivity index (χ2v) is 3.43. The fourth-order valence-corrected chi connectivity index (χ4v) is 1.37. The van der Waals surface area contributed by atoms with Crippen molar-refractivity contribution in [2.75, 3.05) is 0 Å². The summed E-state index contributed by atoms with van der Waals surface area (Å²) in [5.41, 5.74) is -1.37. The van der Waals surface area contributed by atoms with E-state index < -0.39 is 24.2 Å². The van der Waals surface area contributed by atoms with Gasteiger partial charge in [0.2, 0.25) is 0 Å². The Bertz CT molecular complexity index is 348. The van der Waals surface area contributed by atoms with Gasteiger partial charge >= 0.3 is 6.18 Å². The van der Waals surface area contributed by atoms with E-state index in [4.69, 9.17) is 5.11 Å². The van der Waals surface area contributed by atoms with Gasteiger partial charge in [0.05, 0.1) is 12.2 Å². The van der Waals surface area contributed by atoms with Crippen LogP contribution in [0.25, 0.3) is 0 Å². The van der Waals surface area contributed by atoms with E-state index in [1.54, 1.807) is 0 Å². The van der Waals surface area contributed by atoms with Crippen LogP contribution in [0.1, 0.15) is 11.1 Å². The van der Waals surface area contributed by atoms with Gasteiger partial charge in [0.25, 0.3) is 0 Å². The minimum atomic E-state index is -4.74. The molecule has 0 bridgehead atoms. The first kappa shape index (κ1) is 11.5. The van der Waals surface area contributed by atoms with E-state index in [0.29, 0.717) is 12.1 Å². The topological polar surface area (TPSA) is 20.2 Å². The van der Waals surface area contributed by atoms with Gasteiger partial charge in [-0.05, 0) is 17.7 Å². The minimum absolute atomic E-state index is 0.00118. The van der Waals surface area contributed by atoms with E-state index in [1.807, 2.05) is 0 Å². The quantitative estimate of drug-likeness (QED) is 0.779. The van der Waals surface area contributed by atoms with Gasteiger partial charge in [-0.25, -0.2) is 4.39 Å². The molecule has 0 atom stereocenters. The molecule has 78 valence electrons. The minimum Gasteiger partial charge on any atom is -0.392 e. The molecule has 0 aromatic heterocycles. The van der Waals surface area contributed by atoms with Crippen LogP contribution in [-0.2, 0) is 12.8 Å². The Morgan fingerprint density at radius 2 is 1.86 bits per heavy atom. The average Bonchev–Trinajstić information content (AvgIpc) is 2.02. The third-order valence-corrected chi connectivity index (χ3v) is 2.35. The molecule has 0 radical (unpaired) electrons. The van der Waals surface area contributed by atoms with Crippen LogP contribution in [0.3, 0.4) is 0 Å². The van der Waals surface area contributed by atoms with E-state index >= 15 is 0 Å². The maximum absolute atomic E-state index is 12.8. The standard InChI is InChI=1S/C8H5BrF4O/c9-6-2-7(10)5(8(11,12)13)1-4(6)3-14/h1-2,14H,3H2. The Morgan fingerprint density at radius 1 is 1.29 bits per heavy atom. The lowest BCUT2D eigenvalue weighted by Gasteiger charge is -2.10. The molecule has 0 fully saturated rings. The maximum Gasteiger partial charge on any atom is 0.419 e. The Morgan fingerprint density at radius 3 is 2.29 bits per heavy atom. The van der Waals surface area contributed by atoms with Crippen LogP contribution in [-0.4, -0.2) is 5.11 Å². The van der Waals surface area contributed by atoms with Crippen LogP contribution >= 0.6 is 15.9 Å². The molecule has 0 unspecified atom stereocenters. The fourth-order valence-electron chi connectivity index (χ4n) is 0.932. The van der Waals surface area contributed by atoms with E-state index in [0.717, 1.165) is 0 Å². The first-order valence-electron chi connectivity index (χ1n) is 3.52. The Kier molecular flexibility index (Phi) is 3.16. The predicted molar refractivity (Wildman–Crippen MR) is 45.0 cm³/mol. The summed E-state index contributed by atoms with van der Waals surface area (Å²) in [6.07, 6.45) is -4.74. The SMILES string of the molecule is OCc1cc(C(F)(F)F)c(F)cc1Br. The maximum atomic E-state index is 12.8. The van der Waals surface area contributed by atoms with Crippen LogP contribution in [0.4, 0.5) is 17.6 Å². The number of rotatable bonds is 1. The first-order valence-corrected chi connectivity index (χ1v) is 4.31. The van der Waals surface area contributed by atoms with Crippen molar-refractivity contribution in [2.24, 2.45) is 0 Å². The molecular weight excluding hydrogens is 268 g/mol. The van der Waals surface area contributed by atoms with Crippen molar-refractivity contribution >= 4 is 15.9 Å². The molecule has 1 rings (SSSR count). The van der Waals surface area contributed by atoms with Gasteiger partial charge in [0.1, 0.15) is 5.82 Å². The second kappa shape index (κ2) is 3.86. The second-order valence-electron chi connectivity index (χ2n) is 2.58. The van der Waals surface area contributed by atoms with Gasteiger partial charge in [0.15, 0.2) is 0 Å². The van der Waals surface area contributed by atoms with Crippen molar-refractivity contribution in [3.8, 4) is 0 Å². The molecule has 1 nitrogen and oxygen atoms in total. The Labute approximate surface area is 85.5 Å². The monoisotopic (exact) mass is 272 g/mol. The molecule has 14 heavy (non-hydrogen) atoms. The molecule has 0 spiro atoms. The third-order valence-electron chi connectivity index (χ3n) is 1.61. The summed E-state index contributed by atoms with van der Waals surface area (Å²) in [5, 5.41) is 8.68. The number of aliphatic hydroxyl groups excluding tert-OH is 1. The number of hydrogen-bond acceptors (Lipinski definition) is 1. The number of alkyl halides is 3. The molecule has 0 aliphatic carbocycles. The van der Waals surface area contributed by atoms with E-state index in [-0.39, 0.29) is 10.0 Å². The lowest BCUT2D eigenvalue weighted by molar-refractivity contribution is -0.140. The fraction of sp³-hybridized carbons (Fsp3) is 0.250. The van der Waals surface area contributed by atoms with Gasteiger partial charge in [-0.3, -0.25) is 0 Å². The Balaban J connectivity index is 3.32. The normalized spacial score (nSPS) is 11.9. The highest BCUT2D eigenvalue weighted by atomic mass is 79.9. The molecule has 0 saturated heterocycles. The summed E-state index contributed by atoms with van der Waals surface area (Å²) < 4.78 is 49.4. The molecule has 1 aromatic carbocycles. The van der Waals surface area contributed by atoms with Crippen LogP contribution in [0.2, 0.25) is 0 Å². The summed E-state index contributed by atoms with van der Waals surface area (Å²) in [4.78, 5) is 0. The van der Waals surface area contributed by atoms with Crippen LogP contribution in [0.15, 0.2) is 16.6 Å². The van der Waals surface area contributed by atoms with Crippen molar-refractivity contribution in [3.05, 3.63) is 33.5 Å². The molecule has 1 aromatic rings. The number of benzene rings is 1. The van der Waals surface area contributed by atoms with E-state index in [9.17, 15) is 17.6 Å². The zero-order valence-electron chi connectivity index (χ0n) is 6.70. The van der Waals surface area contributed by atoms with Gasteiger partial charge in [-0.2, -0.15) is 13.2 Å². The lowest BCUT2D eigenvalue weighted by Crippen LogP contribution is -2.09. The highest BCUT2D eigenvalue weighted by Crippen LogP contribution is 2.34. The molecule has 1 N–H and O–H groups in total. The number of aliphatic hydroxyl groups is 1. The van der Waals surface area contributed by atoms with E-state index in [2.05, 4.69) is 15.9 Å². The molecule has 0 aliphatic heterocycles. The number of hydrogen-bond donors (Lipinski definition) is 1. The lowest BCUT2D eigenvalue weighted by atomic mass is 10.1. The summed E-state index contributed by atoms with van der Waals surface area (Å²) in [6.45, 7) is -0.579. The highest BCUT2D eigenvalue weighted by molar-refractivity contribution is 9.10. The van der Waals surface area contributed by atoms with E-state index in [1.165, 1.54) is 0 Å². The van der Waals surface area contributed by atoms with Crippen LogP contribution in [0.5, 0.6) is 0 Å². The van der Waals surface area contributed by atoms with Crippen molar-refractivity contribution in [3.63, 3.8) is 0 Å². The summed E-state index contributed by atoms with van der Waals surface area (Å²) in [7, 11) is 0. The summed E-state index contributed by atoms with van der Waals surface area (Å²) >= 11 is 2.84. The molecule has 0 heterocycles. The van der Waals surface area contributed by atoms with Crippen molar-refractivity contribution in [1.82, 2.24) is 0 Å². The average molecular weight is 273 g/mol. The molecule has 0 amide bonds. The van der Waals surface area contributed by atoms with Gasteiger partial charge < -0.3 is 5.11 Å². The molecule has 0 saturated carbocycles. The van der Waals surface area contributed by atoms with Gasteiger partial charge in [0, 0.05) is 4.47 Å². The highest BCUT2D eigenvalue weighted by Gasteiger charge is 2.34. The molecular formula is C8H5BrF4O. The third kappa shape index (κ3) is 2.24. The van der Waals surface area contributed by atoms with Crippen LogP contribution in [0, 0.1) is 5.82 Å². The smallest absolute Gasteiger partial charge is 0.392 e. The molecule has 6 heteroatoms. The van der Waals surface area contributed by atoms with Gasteiger partial charge in [-0.1, -0.05) is 15.9 Å². The van der Waals surface area contributed by atoms with Crippen molar-refractivity contribution in [1.29, 1.82) is 0 Å². The Hall–Kier alpha value is -0.620.